The lowest BCUT2D eigenvalue weighted by molar-refractivity contribution is 1.01. The molecule has 4 nitrogen and oxygen atoms in total. The molecule has 4 aromatic rings. The molecule has 0 aliphatic carbocycles. The Kier molecular flexibility index (Phi) is 4.82. The standard InChI is InChI=1S/C20H17ClN4S/c1-13-11-17-19(23-10-8-14-4-6-16(21)7-5-14)24-18(25-20(17)26-13)15-3-2-9-22-12-15/h2-7,9,11-12H,8,10H2,1H3,(H,23,24,25). The molecule has 1 aromatic carbocycles. The molecular formula is C20H17ClN4S. The van der Waals surface area contributed by atoms with E-state index in [4.69, 9.17) is 21.6 Å². The van der Waals surface area contributed by atoms with Gasteiger partial charge in [-0.15, -0.1) is 11.3 Å². The number of rotatable bonds is 5. The van der Waals surface area contributed by atoms with Gasteiger partial charge < -0.3 is 5.32 Å². The van der Waals surface area contributed by atoms with Crippen LogP contribution in [0.3, 0.4) is 0 Å². The molecule has 0 bridgehead atoms. The Bertz CT molecular complexity index is 1030. The molecule has 1 N–H and O–H groups in total. The zero-order valence-corrected chi connectivity index (χ0v) is 15.8. The lowest BCUT2D eigenvalue weighted by Crippen LogP contribution is -2.07. The van der Waals surface area contributed by atoms with Gasteiger partial charge in [-0.1, -0.05) is 23.7 Å². The second kappa shape index (κ2) is 7.40. The minimum Gasteiger partial charge on any atom is -0.369 e. The zero-order chi connectivity index (χ0) is 17.9. The van der Waals surface area contributed by atoms with Crippen molar-refractivity contribution in [3.05, 3.63) is 70.3 Å². The number of halogens is 1. The van der Waals surface area contributed by atoms with Gasteiger partial charge in [-0.25, -0.2) is 9.97 Å². The molecule has 6 heteroatoms. The number of aryl methyl sites for hydroxylation is 1. The predicted molar refractivity (Wildman–Crippen MR) is 109 cm³/mol. The average molecular weight is 381 g/mol. The van der Waals surface area contributed by atoms with E-state index in [9.17, 15) is 0 Å². The van der Waals surface area contributed by atoms with E-state index in [1.54, 1.807) is 23.7 Å². The SMILES string of the molecule is Cc1cc2c(NCCc3ccc(Cl)cc3)nc(-c3cccnc3)nc2s1. The summed E-state index contributed by atoms with van der Waals surface area (Å²) in [6, 6.07) is 14.0. The average Bonchev–Trinajstić information content (AvgIpc) is 3.04. The summed E-state index contributed by atoms with van der Waals surface area (Å²) in [4.78, 5) is 15.9. The van der Waals surface area contributed by atoms with Gasteiger partial charge >= 0.3 is 0 Å². The van der Waals surface area contributed by atoms with Crippen LogP contribution < -0.4 is 5.32 Å². The van der Waals surface area contributed by atoms with Crippen LogP contribution in [-0.4, -0.2) is 21.5 Å². The molecule has 0 spiro atoms. The van der Waals surface area contributed by atoms with Crippen LogP contribution in [0.5, 0.6) is 0 Å². The Morgan fingerprint density at radius 2 is 1.96 bits per heavy atom. The highest BCUT2D eigenvalue weighted by molar-refractivity contribution is 7.18. The van der Waals surface area contributed by atoms with Crippen LogP contribution in [0.25, 0.3) is 21.6 Å². The fraction of sp³-hybridized carbons (Fsp3) is 0.150. The largest absolute Gasteiger partial charge is 0.369 e. The van der Waals surface area contributed by atoms with Crippen LogP contribution in [0.1, 0.15) is 10.4 Å². The first kappa shape index (κ1) is 16.9. The van der Waals surface area contributed by atoms with Crippen LogP contribution in [0.15, 0.2) is 54.9 Å². The minimum absolute atomic E-state index is 0.696. The molecule has 4 rings (SSSR count). The molecule has 0 saturated heterocycles. The van der Waals surface area contributed by atoms with E-state index in [0.29, 0.717) is 5.82 Å². The summed E-state index contributed by atoms with van der Waals surface area (Å²) >= 11 is 7.63. The highest BCUT2D eigenvalue weighted by Gasteiger charge is 2.12. The number of pyridine rings is 1. The molecule has 0 radical (unpaired) electrons. The summed E-state index contributed by atoms with van der Waals surface area (Å²) in [6.45, 7) is 2.88. The van der Waals surface area contributed by atoms with Gasteiger partial charge in [0.25, 0.3) is 0 Å². The van der Waals surface area contributed by atoms with Crippen molar-refractivity contribution < 1.29 is 0 Å². The summed E-state index contributed by atoms with van der Waals surface area (Å²) in [5, 5.41) is 5.30. The van der Waals surface area contributed by atoms with E-state index in [2.05, 4.69) is 35.4 Å². The van der Waals surface area contributed by atoms with Gasteiger partial charge in [0.1, 0.15) is 10.6 Å². The molecule has 0 fully saturated rings. The second-order valence-electron chi connectivity index (χ2n) is 6.02. The summed E-state index contributed by atoms with van der Waals surface area (Å²) in [5.41, 5.74) is 2.15. The number of fused-ring (bicyclic) bond motifs is 1. The molecule has 3 heterocycles. The molecule has 3 aromatic heterocycles. The fourth-order valence-electron chi connectivity index (χ4n) is 2.78. The van der Waals surface area contributed by atoms with Crippen LogP contribution in [0, 0.1) is 6.92 Å². The Balaban J connectivity index is 1.61. The van der Waals surface area contributed by atoms with Gasteiger partial charge in [0, 0.05) is 34.4 Å². The molecule has 0 atom stereocenters. The summed E-state index contributed by atoms with van der Waals surface area (Å²) < 4.78 is 0. The molecule has 0 unspecified atom stereocenters. The molecular weight excluding hydrogens is 364 g/mol. The third-order valence-corrected chi connectivity index (χ3v) is 5.25. The lowest BCUT2D eigenvalue weighted by atomic mass is 10.1. The highest BCUT2D eigenvalue weighted by atomic mass is 35.5. The van der Waals surface area contributed by atoms with Crippen LogP contribution in [0.2, 0.25) is 5.02 Å². The van der Waals surface area contributed by atoms with Crippen molar-refractivity contribution in [1.29, 1.82) is 0 Å². The number of anilines is 1. The molecule has 0 saturated carbocycles. The number of nitrogens with one attached hydrogen (secondary N) is 1. The van der Waals surface area contributed by atoms with Crippen molar-refractivity contribution in [3.8, 4) is 11.4 Å². The Hall–Kier alpha value is -2.50. The number of nitrogens with zero attached hydrogens (tertiary/aromatic N) is 3. The van der Waals surface area contributed by atoms with Gasteiger partial charge in [0.05, 0.1) is 5.39 Å². The Morgan fingerprint density at radius 1 is 1.12 bits per heavy atom. The minimum atomic E-state index is 0.696. The van der Waals surface area contributed by atoms with Crippen molar-refractivity contribution in [2.24, 2.45) is 0 Å². The predicted octanol–water partition coefficient (Wildman–Crippen LogP) is 5.37. The number of aromatic nitrogens is 3. The summed E-state index contributed by atoms with van der Waals surface area (Å²) in [7, 11) is 0. The van der Waals surface area contributed by atoms with Gasteiger partial charge in [0.15, 0.2) is 5.82 Å². The highest BCUT2D eigenvalue weighted by Crippen LogP contribution is 2.30. The van der Waals surface area contributed by atoms with E-state index in [0.717, 1.165) is 39.6 Å². The second-order valence-corrected chi connectivity index (χ2v) is 7.69. The molecule has 0 aliphatic rings. The summed E-state index contributed by atoms with van der Waals surface area (Å²) in [5.74, 6) is 1.56. The van der Waals surface area contributed by atoms with Gasteiger partial charge in [0.2, 0.25) is 0 Å². The van der Waals surface area contributed by atoms with E-state index < -0.39 is 0 Å². The quantitative estimate of drug-likeness (QED) is 0.505. The number of benzene rings is 1. The van der Waals surface area contributed by atoms with Crippen LogP contribution in [0.4, 0.5) is 5.82 Å². The maximum Gasteiger partial charge on any atom is 0.164 e. The number of hydrogen-bond acceptors (Lipinski definition) is 5. The van der Waals surface area contributed by atoms with Crippen molar-refractivity contribution in [2.75, 3.05) is 11.9 Å². The van der Waals surface area contributed by atoms with Crippen molar-refractivity contribution in [3.63, 3.8) is 0 Å². The monoisotopic (exact) mass is 380 g/mol. The van der Waals surface area contributed by atoms with Crippen LogP contribution in [-0.2, 0) is 6.42 Å². The maximum atomic E-state index is 5.95. The van der Waals surface area contributed by atoms with Crippen LogP contribution >= 0.6 is 22.9 Å². The van der Waals surface area contributed by atoms with E-state index in [1.807, 2.05) is 24.3 Å². The topological polar surface area (TPSA) is 50.7 Å². The molecule has 130 valence electrons. The third-order valence-electron chi connectivity index (χ3n) is 4.06. The lowest BCUT2D eigenvalue weighted by Gasteiger charge is -2.09. The third kappa shape index (κ3) is 3.69. The number of thiophene rings is 1. The summed E-state index contributed by atoms with van der Waals surface area (Å²) in [6.07, 6.45) is 4.44. The normalized spacial score (nSPS) is 11.0. The van der Waals surface area contributed by atoms with Gasteiger partial charge in [-0.3, -0.25) is 4.98 Å². The van der Waals surface area contributed by atoms with Crippen molar-refractivity contribution in [1.82, 2.24) is 15.0 Å². The van der Waals surface area contributed by atoms with E-state index >= 15 is 0 Å². The Labute approximate surface area is 160 Å². The molecule has 0 aliphatic heterocycles. The maximum absolute atomic E-state index is 5.95. The van der Waals surface area contributed by atoms with E-state index in [-0.39, 0.29) is 0 Å². The van der Waals surface area contributed by atoms with E-state index in [1.165, 1.54) is 10.4 Å². The van der Waals surface area contributed by atoms with Gasteiger partial charge in [-0.05, 0) is 49.2 Å². The number of hydrogen-bond donors (Lipinski definition) is 1. The first-order chi connectivity index (χ1) is 12.7. The smallest absolute Gasteiger partial charge is 0.164 e. The van der Waals surface area contributed by atoms with Crippen molar-refractivity contribution >= 4 is 39.0 Å². The fourth-order valence-corrected chi connectivity index (χ4v) is 3.78. The van der Waals surface area contributed by atoms with Crippen molar-refractivity contribution in [2.45, 2.75) is 13.3 Å². The molecule has 0 amide bonds. The first-order valence-corrected chi connectivity index (χ1v) is 9.55. The Morgan fingerprint density at radius 3 is 2.73 bits per heavy atom. The molecule has 26 heavy (non-hydrogen) atoms. The zero-order valence-electron chi connectivity index (χ0n) is 14.2. The van der Waals surface area contributed by atoms with Gasteiger partial charge in [-0.2, -0.15) is 0 Å². The first-order valence-electron chi connectivity index (χ1n) is 8.36.